The van der Waals surface area contributed by atoms with Gasteiger partial charge in [0.2, 0.25) is 10.0 Å². The van der Waals surface area contributed by atoms with Crippen molar-refractivity contribution in [3.8, 4) is 17.2 Å². The van der Waals surface area contributed by atoms with E-state index in [4.69, 9.17) is 9.47 Å². The highest BCUT2D eigenvalue weighted by Gasteiger charge is 2.35. The number of ether oxygens (including phenoxy) is 2. The number of fused-ring (bicyclic) bond motifs is 1. The van der Waals surface area contributed by atoms with Crippen LogP contribution in [0.5, 0.6) is 17.2 Å². The van der Waals surface area contributed by atoms with Crippen molar-refractivity contribution in [3.05, 3.63) is 54.5 Å². The number of methoxy groups -OCH3 is 1. The van der Waals surface area contributed by atoms with Crippen molar-refractivity contribution >= 4 is 26.6 Å². The fraction of sp³-hybridized carbons (Fsp3) is 0.211. The summed E-state index contributed by atoms with van der Waals surface area (Å²) in [4.78, 5) is 4.21. The first kappa shape index (κ1) is 17.5. The average Bonchev–Trinajstić information content (AvgIpc) is 3.49. The van der Waals surface area contributed by atoms with Crippen LogP contribution in [0.15, 0.2) is 48.7 Å². The maximum absolute atomic E-state index is 14.0. The third kappa shape index (κ3) is 3.66. The molecule has 0 aliphatic heterocycles. The highest BCUT2D eigenvalue weighted by molar-refractivity contribution is 7.93. The van der Waals surface area contributed by atoms with E-state index in [2.05, 4.69) is 9.71 Å². The molecule has 0 atom stereocenters. The van der Waals surface area contributed by atoms with Crippen molar-refractivity contribution in [2.24, 2.45) is 0 Å². The van der Waals surface area contributed by atoms with Gasteiger partial charge in [-0.25, -0.2) is 12.8 Å². The van der Waals surface area contributed by atoms with E-state index in [9.17, 15) is 12.8 Å². The van der Waals surface area contributed by atoms with Gasteiger partial charge in [0.1, 0.15) is 11.5 Å². The Morgan fingerprint density at radius 3 is 2.52 bits per heavy atom. The number of aromatic nitrogens is 1. The molecule has 4 rings (SSSR count). The summed E-state index contributed by atoms with van der Waals surface area (Å²) in [6.07, 6.45) is 2.97. The molecule has 1 aromatic heterocycles. The van der Waals surface area contributed by atoms with Gasteiger partial charge in [-0.05, 0) is 49.2 Å². The molecule has 3 aromatic rings. The fourth-order valence-electron chi connectivity index (χ4n) is 2.71. The monoisotopic (exact) mass is 388 g/mol. The number of sulfonamides is 1. The van der Waals surface area contributed by atoms with Crippen molar-refractivity contribution in [3.63, 3.8) is 0 Å². The zero-order chi connectivity index (χ0) is 19.0. The summed E-state index contributed by atoms with van der Waals surface area (Å²) in [6.45, 7) is 0. The zero-order valence-corrected chi connectivity index (χ0v) is 15.3. The van der Waals surface area contributed by atoms with Crippen LogP contribution in [-0.2, 0) is 10.0 Å². The molecule has 1 saturated carbocycles. The number of hydrogen-bond acceptors (Lipinski definition) is 5. The normalized spacial score (nSPS) is 14.1. The Labute approximate surface area is 156 Å². The van der Waals surface area contributed by atoms with Crippen molar-refractivity contribution in [1.29, 1.82) is 0 Å². The summed E-state index contributed by atoms with van der Waals surface area (Å²) in [6, 6.07) is 11.0. The van der Waals surface area contributed by atoms with Crippen molar-refractivity contribution < 1.29 is 22.3 Å². The molecule has 1 aliphatic rings. The lowest BCUT2D eigenvalue weighted by Gasteiger charge is -2.11. The van der Waals surface area contributed by atoms with Gasteiger partial charge in [0.15, 0.2) is 11.6 Å². The molecule has 1 heterocycles. The second-order valence-electron chi connectivity index (χ2n) is 6.29. The Hall–Kier alpha value is -2.87. The predicted octanol–water partition coefficient (Wildman–Crippen LogP) is 4.08. The van der Waals surface area contributed by atoms with Crippen molar-refractivity contribution in [1.82, 2.24) is 4.98 Å². The van der Waals surface area contributed by atoms with E-state index < -0.39 is 15.8 Å². The van der Waals surface area contributed by atoms with E-state index in [1.54, 1.807) is 36.5 Å². The van der Waals surface area contributed by atoms with Crippen LogP contribution < -0.4 is 14.2 Å². The minimum absolute atomic E-state index is 0.111. The summed E-state index contributed by atoms with van der Waals surface area (Å²) in [7, 11) is -1.91. The fourth-order valence-corrected chi connectivity index (χ4v) is 4.10. The highest BCUT2D eigenvalue weighted by atomic mass is 32.2. The maximum Gasteiger partial charge on any atom is 0.235 e. The molecule has 8 heteroatoms. The molecule has 0 bridgehead atoms. The summed E-state index contributed by atoms with van der Waals surface area (Å²) < 4.78 is 51.4. The number of nitrogens with one attached hydrogen (secondary N) is 1. The molecule has 140 valence electrons. The Kier molecular flexibility index (Phi) is 4.35. The third-order valence-corrected chi connectivity index (χ3v) is 6.15. The molecular weight excluding hydrogens is 371 g/mol. The molecule has 0 amide bonds. The Bertz CT molecular complexity index is 1100. The third-order valence-electron chi connectivity index (χ3n) is 4.28. The van der Waals surface area contributed by atoms with Crippen molar-refractivity contribution in [2.75, 3.05) is 11.8 Å². The van der Waals surface area contributed by atoms with Gasteiger partial charge in [-0.2, -0.15) is 0 Å². The highest BCUT2D eigenvalue weighted by Crippen LogP contribution is 2.33. The van der Waals surface area contributed by atoms with Gasteiger partial charge >= 0.3 is 0 Å². The molecule has 1 N–H and O–H groups in total. The molecule has 27 heavy (non-hydrogen) atoms. The maximum atomic E-state index is 14.0. The van der Waals surface area contributed by atoms with Crippen LogP contribution in [-0.4, -0.2) is 25.8 Å². The smallest absolute Gasteiger partial charge is 0.235 e. The van der Waals surface area contributed by atoms with E-state index in [0.29, 0.717) is 40.9 Å². The number of halogens is 1. The summed E-state index contributed by atoms with van der Waals surface area (Å²) >= 11 is 0. The number of hydrogen-bond donors (Lipinski definition) is 1. The Balaban J connectivity index is 1.58. The largest absolute Gasteiger partial charge is 0.494 e. The summed E-state index contributed by atoms with van der Waals surface area (Å²) in [5, 5.41) is 0.220. The zero-order valence-electron chi connectivity index (χ0n) is 14.5. The lowest BCUT2D eigenvalue weighted by atomic mass is 10.2. The standard InChI is InChI=1S/C19H17FN2O4S/c1-25-19-11-17-15(10-16(19)20)18(8-9-21-17)26-13-4-2-12(3-5-13)22-27(23,24)14-6-7-14/h2-5,8-11,14,22H,6-7H2,1H3. The molecule has 1 fully saturated rings. The Morgan fingerprint density at radius 1 is 1.11 bits per heavy atom. The second kappa shape index (κ2) is 6.70. The van der Waals surface area contributed by atoms with Gasteiger partial charge < -0.3 is 9.47 Å². The number of rotatable bonds is 6. The van der Waals surface area contributed by atoms with Gasteiger partial charge in [0.05, 0.1) is 17.9 Å². The van der Waals surface area contributed by atoms with Gasteiger partial charge in [-0.15, -0.1) is 0 Å². The molecule has 0 radical (unpaired) electrons. The van der Waals surface area contributed by atoms with Crippen LogP contribution in [0.25, 0.3) is 10.9 Å². The molecule has 2 aromatic carbocycles. The van der Waals surface area contributed by atoms with Crippen LogP contribution in [0, 0.1) is 5.82 Å². The van der Waals surface area contributed by atoms with Crippen LogP contribution in [0.1, 0.15) is 12.8 Å². The quantitative estimate of drug-likeness (QED) is 0.689. The van der Waals surface area contributed by atoms with Crippen molar-refractivity contribution in [2.45, 2.75) is 18.1 Å². The van der Waals surface area contributed by atoms with Crippen LogP contribution in [0.3, 0.4) is 0 Å². The minimum Gasteiger partial charge on any atom is -0.494 e. The topological polar surface area (TPSA) is 77.5 Å². The lowest BCUT2D eigenvalue weighted by molar-refractivity contribution is 0.387. The van der Waals surface area contributed by atoms with E-state index >= 15 is 0 Å². The van der Waals surface area contributed by atoms with E-state index in [1.807, 2.05) is 0 Å². The number of pyridine rings is 1. The van der Waals surface area contributed by atoms with Crippen LogP contribution in [0.4, 0.5) is 10.1 Å². The summed E-state index contributed by atoms with van der Waals surface area (Å²) in [5.74, 6) is 0.535. The first-order valence-electron chi connectivity index (χ1n) is 8.38. The SMILES string of the molecule is COc1cc2nccc(Oc3ccc(NS(=O)(=O)C4CC4)cc3)c2cc1F. The van der Waals surface area contributed by atoms with Crippen LogP contribution in [0.2, 0.25) is 0 Å². The van der Waals surface area contributed by atoms with Gasteiger partial charge in [0, 0.05) is 23.3 Å². The average molecular weight is 388 g/mol. The first-order valence-corrected chi connectivity index (χ1v) is 9.93. The first-order chi connectivity index (χ1) is 13.0. The molecule has 1 aliphatic carbocycles. The van der Waals surface area contributed by atoms with Gasteiger partial charge in [-0.3, -0.25) is 9.71 Å². The molecule has 0 saturated heterocycles. The van der Waals surface area contributed by atoms with Gasteiger partial charge in [0.25, 0.3) is 0 Å². The van der Waals surface area contributed by atoms with Crippen LogP contribution >= 0.6 is 0 Å². The van der Waals surface area contributed by atoms with E-state index in [-0.39, 0.29) is 11.0 Å². The van der Waals surface area contributed by atoms with E-state index in [1.165, 1.54) is 19.2 Å². The molecule has 0 unspecified atom stereocenters. The molecule has 6 nitrogen and oxygen atoms in total. The van der Waals surface area contributed by atoms with E-state index in [0.717, 1.165) is 0 Å². The molecular formula is C19H17FN2O4S. The number of benzene rings is 2. The summed E-state index contributed by atoms with van der Waals surface area (Å²) in [5.41, 5.74) is 1.02. The second-order valence-corrected chi connectivity index (χ2v) is 8.25. The molecule has 0 spiro atoms. The lowest BCUT2D eigenvalue weighted by Crippen LogP contribution is -2.17. The predicted molar refractivity (Wildman–Crippen MR) is 100 cm³/mol. The number of nitrogens with zero attached hydrogens (tertiary/aromatic N) is 1. The number of anilines is 1. The Morgan fingerprint density at radius 2 is 1.85 bits per heavy atom. The minimum atomic E-state index is -3.30. The van der Waals surface area contributed by atoms with Gasteiger partial charge in [-0.1, -0.05) is 0 Å².